The van der Waals surface area contributed by atoms with Gasteiger partial charge in [0.2, 0.25) is 21.8 Å². The average molecular weight is 611 g/mol. The highest BCUT2D eigenvalue weighted by Gasteiger charge is 2.32. The van der Waals surface area contributed by atoms with Crippen LogP contribution in [0.25, 0.3) is 0 Å². The SMILES string of the molecule is CC(C)CNC(=O)[C@H](C)N(Cc1ccc(Cl)c(Cl)c1)C(=O)CCCN(c1cccc(C(F)(F)F)c1)S(C)(=O)=O. The van der Waals surface area contributed by atoms with Crippen LogP contribution in [0.3, 0.4) is 0 Å². The minimum absolute atomic E-state index is 0.000353. The van der Waals surface area contributed by atoms with Gasteiger partial charge in [0.05, 0.1) is 27.6 Å². The van der Waals surface area contributed by atoms with Gasteiger partial charge in [0.15, 0.2) is 0 Å². The normalized spacial score (nSPS) is 12.8. The van der Waals surface area contributed by atoms with Crippen LogP contribution in [-0.2, 0) is 32.3 Å². The first kappa shape index (κ1) is 32.7. The Labute approximate surface area is 237 Å². The van der Waals surface area contributed by atoms with Crippen LogP contribution in [0.1, 0.15) is 44.7 Å². The van der Waals surface area contributed by atoms with E-state index in [0.717, 1.165) is 28.8 Å². The Morgan fingerprint density at radius 3 is 2.26 bits per heavy atom. The average Bonchev–Trinajstić information content (AvgIpc) is 2.84. The van der Waals surface area contributed by atoms with Crippen molar-refractivity contribution in [2.75, 3.05) is 23.7 Å². The lowest BCUT2D eigenvalue weighted by Crippen LogP contribution is -2.48. The Morgan fingerprint density at radius 2 is 1.69 bits per heavy atom. The van der Waals surface area contributed by atoms with Gasteiger partial charge in [-0.25, -0.2) is 8.42 Å². The number of alkyl halides is 3. The summed E-state index contributed by atoms with van der Waals surface area (Å²) in [6, 6.07) is 7.95. The van der Waals surface area contributed by atoms with Gasteiger partial charge in [-0.1, -0.05) is 49.2 Å². The van der Waals surface area contributed by atoms with Crippen LogP contribution < -0.4 is 9.62 Å². The van der Waals surface area contributed by atoms with Crippen molar-refractivity contribution < 1.29 is 31.2 Å². The summed E-state index contributed by atoms with van der Waals surface area (Å²) in [5.41, 5.74) is -0.518. The molecule has 2 aromatic rings. The second kappa shape index (κ2) is 13.7. The summed E-state index contributed by atoms with van der Waals surface area (Å²) in [5.74, 6) is -0.609. The number of hydrogen-bond donors (Lipinski definition) is 1. The van der Waals surface area contributed by atoms with Gasteiger partial charge in [-0.15, -0.1) is 0 Å². The zero-order valence-corrected chi connectivity index (χ0v) is 24.4. The predicted octanol–water partition coefficient (Wildman–Crippen LogP) is 5.75. The van der Waals surface area contributed by atoms with Crippen molar-refractivity contribution in [3.63, 3.8) is 0 Å². The van der Waals surface area contributed by atoms with Crippen LogP contribution in [-0.4, -0.2) is 50.5 Å². The van der Waals surface area contributed by atoms with E-state index >= 15 is 0 Å². The van der Waals surface area contributed by atoms with Gasteiger partial charge in [0.1, 0.15) is 6.04 Å². The number of hydrogen-bond acceptors (Lipinski definition) is 4. The number of rotatable bonds is 12. The van der Waals surface area contributed by atoms with E-state index in [1.165, 1.54) is 11.0 Å². The second-order valence-electron chi connectivity index (χ2n) is 9.57. The topological polar surface area (TPSA) is 86.8 Å². The summed E-state index contributed by atoms with van der Waals surface area (Å²) in [5, 5.41) is 3.41. The molecule has 39 heavy (non-hydrogen) atoms. The summed E-state index contributed by atoms with van der Waals surface area (Å²) < 4.78 is 65.2. The van der Waals surface area contributed by atoms with Gasteiger partial charge in [0, 0.05) is 26.1 Å². The standard InChI is InChI=1S/C26H32Cl2F3N3O4S/c1-17(2)15-32-25(36)18(3)33(16-19-10-11-22(27)23(28)13-19)24(35)9-6-12-34(39(4,37)38)21-8-5-7-20(14-21)26(29,30)31/h5,7-8,10-11,13-14,17-18H,6,9,12,15-16H2,1-4H3,(H,32,36)/t18-/m0/s1. The number of nitrogens with zero attached hydrogens (tertiary/aromatic N) is 2. The van der Waals surface area contributed by atoms with Crippen molar-refractivity contribution in [3.05, 3.63) is 63.6 Å². The summed E-state index contributed by atoms with van der Waals surface area (Å²) >= 11 is 12.1. The van der Waals surface area contributed by atoms with Gasteiger partial charge in [-0.05, 0) is 55.2 Å². The number of anilines is 1. The molecule has 0 aromatic heterocycles. The fraction of sp³-hybridized carbons (Fsp3) is 0.462. The molecule has 0 fully saturated rings. The third-order valence-corrected chi connectivity index (χ3v) is 7.74. The number of benzene rings is 2. The molecule has 0 spiro atoms. The molecule has 13 heteroatoms. The van der Waals surface area contributed by atoms with Crippen LogP contribution in [0.2, 0.25) is 10.0 Å². The maximum absolute atomic E-state index is 13.3. The van der Waals surface area contributed by atoms with Crippen LogP contribution in [0.4, 0.5) is 18.9 Å². The molecule has 2 aromatic carbocycles. The highest BCUT2D eigenvalue weighted by atomic mass is 35.5. The van der Waals surface area contributed by atoms with E-state index in [4.69, 9.17) is 23.2 Å². The third-order valence-electron chi connectivity index (χ3n) is 5.80. The lowest BCUT2D eigenvalue weighted by Gasteiger charge is -2.30. The first-order valence-corrected chi connectivity index (χ1v) is 14.8. The van der Waals surface area contributed by atoms with Crippen molar-refractivity contribution in [3.8, 4) is 0 Å². The van der Waals surface area contributed by atoms with Crippen molar-refractivity contribution in [2.24, 2.45) is 5.92 Å². The molecular weight excluding hydrogens is 578 g/mol. The first-order valence-electron chi connectivity index (χ1n) is 12.2. The number of carbonyl (C=O) groups excluding carboxylic acids is 2. The summed E-state index contributed by atoms with van der Waals surface area (Å²) in [6.07, 6.45) is -3.92. The van der Waals surface area contributed by atoms with E-state index in [1.54, 1.807) is 25.1 Å². The number of nitrogens with one attached hydrogen (secondary N) is 1. The second-order valence-corrected chi connectivity index (χ2v) is 12.3. The van der Waals surface area contributed by atoms with Crippen LogP contribution >= 0.6 is 23.2 Å². The van der Waals surface area contributed by atoms with Gasteiger partial charge in [-0.2, -0.15) is 13.2 Å². The van der Waals surface area contributed by atoms with E-state index in [2.05, 4.69) is 5.32 Å². The van der Waals surface area contributed by atoms with Crippen LogP contribution in [0, 0.1) is 5.92 Å². The summed E-state index contributed by atoms with van der Waals surface area (Å²) in [4.78, 5) is 27.4. The molecule has 0 aliphatic rings. The van der Waals surface area contributed by atoms with Gasteiger partial charge >= 0.3 is 6.18 Å². The Morgan fingerprint density at radius 1 is 1.03 bits per heavy atom. The molecule has 1 atom stereocenters. The summed E-state index contributed by atoms with van der Waals surface area (Å²) in [7, 11) is -3.95. The van der Waals surface area contributed by atoms with Gasteiger partial charge in [-0.3, -0.25) is 13.9 Å². The molecule has 0 bridgehead atoms. The molecule has 0 aliphatic carbocycles. The minimum Gasteiger partial charge on any atom is -0.354 e. The smallest absolute Gasteiger partial charge is 0.354 e. The Hall–Kier alpha value is -2.50. The van der Waals surface area contributed by atoms with Crippen LogP contribution in [0.5, 0.6) is 0 Å². The molecular formula is C26H32Cl2F3N3O4S. The molecule has 2 rings (SSSR count). The molecule has 1 N–H and O–H groups in total. The molecule has 216 valence electrons. The Kier molecular flexibility index (Phi) is 11.5. The third kappa shape index (κ3) is 9.88. The molecule has 7 nitrogen and oxygen atoms in total. The number of carbonyl (C=O) groups is 2. The molecule has 0 radical (unpaired) electrons. The highest BCUT2D eigenvalue weighted by molar-refractivity contribution is 7.92. The van der Waals surface area contributed by atoms with E-state index in [-0.39, 0.29) is 48.5 Å². The van der Waals surface area contributed by atoms with E-state index < -0.39 is 33.7 Å². The zero-order valence-electron chi connectivity index (χ0n) is 22.1. The Balaban J connectivity index is 2.23. The summed E-state index contributed by atoms with van der Waals surface area (Å²) in [6.45, 7) is 5.66. The largest absolute Gasteiger partial charge is 0.416 e. The number of amides is 2. The lowest BCUT2D eigenvalue weighted by atomic mass is 10.1. The fourth-order valence-electron chi connectivity index (χ4n) is 3.71. The minimum atomic E-state index is -4.65. The quantitative estimate of drug-likeness (QED) is 0.332. The van der Waals surface area contributed by atoms with Crippen molar-refractivity contribution in [2.45, 2.75) is 52.4 Å². The van der Waals surface area contributed by atoms with Crippen molar-refractivity contribution in [1.29, 1.82) is 0 Å². The molecule has 0 heterocycles. The number of halogens is 5. The molecule has 0 saturated heterocycles. The fourth-order valence-corrected chi connectivity index (χ4v) is 4.99. The molecule has 2 amide bonds. The Bertz CT molecular complexity index is 1270. The number of sulfonamides is 1. The van der Waals surface area contributed by atoms with Gasteiger partial charge < -0.3 is 10.2 Å². The molecule has 0 saturated carbocycles. The van der Waals surface area contributed by atoms with Crippen molar-refractivity contribution >= 4 is 50.7 Å². The van der Waals surface area contributed by atoms with Crippen molar-refractivity contribution in [1.82, 2.24) is 10.2 Å². The molecule has 0 unspecified atom stereocenters. The monoisotopic (exact) mass is 609 g/mol. The maximum atomic E-state index is 13.3. The van der Waals surface area contributed by atoms with Crippen LogP contribution in [0.15, 0.2) is 42.5 Å². The van der Waals surface area contributed by atoms with E-state index in [0.29, 0.717) is 17.1 Å². The molecule has 0 aliphatic heterocycles. The highest BCUT2D eigenvalue weighted by Crippen LogP contribution is 2.32. The van der Waals surface area contributed by atoms with Gasteiger partial charge in [0.25, 0.3) is 0 Å². The lowest BCUT2D eigenvalue weighted by molar-refractivity contribution is -0.140. The maximum Gasteiger partial charge on any atom is 0.416 e. The first-order chi connectivity index (χ1) is 18.0. The van der Waals surface area contributed by atoms with E-state index in [1.807, 2.05) is 13.8 Å². The predicted molar refractivity (Wildman–Crippen MR) is 147 cm³/mol. The zero-order chi connectivity index (χ0) is 29.5. The van der Waals surface area contributed by atoms with E-state index in [9.17, 15) is 31.2 Å².